The number of rotatable bonds is 2. The van der Waals surface area contributed by atoms with Gasteiger partial charge in [-0.25, -0.2) is 0 Å². The SMILES string of the molecule is Cc1noc(C)c1-c1cc(N2CCN(C)C(=O)C2)c2cc[nH]c2c1. The molecule has 2 aromatic heterocycles. The predicted molar refractivity (Wildman–Crippen MR) is 93.1 cm³/mol. The lowest BCUT2D eigenvalue weighted by Gasteiger charge is -2.34. The number of anilines is 1. The summed E-state index contributed by atoms with van der Waals surface area (Å²) in [7, 11) is 1.85. The monoisotopic (exact) mass is 324 g/mol. The minimum Gasteiger partial charge on any atom is -0.361 e. The van der Waals surface area contributed by atoms with Crippen molar-refractivity contribution in [2.45, 2.75) is 13.8 Å². The maximum atomic E-state index is 12.1. The number of nitrogens with one attached hydrogen (secondary N) is 1. The molecule has 1 aliphatic rings. The molecule has 24 heavy (non-hydrogen) atoms. The van der Waals surface area contributed by atoms with Gasteiger partial charge in [0.05, 0.1) is 12.2 Å². The maximum Gasteiger partial charge on any atom is 0.241 e. The summed E-state index contributed by atoms with van der Waals surface area (Å²) in [6.45, 7) is 5.84. The summed E-state index contributed by atoms with van der Waals surface area (Å²) < 4.78 is 5.33. The molecule has 0 radical (unpaired) electrons. The van der Waals surface area contributed by atoms with E-state index in [1.807, 2.05) is 27.1 Å². The highest BCUT2D eigenvalue weighted by Crippen LogP contribution is 2.35. The van der Waals surface area contributed by atoms with Crippen molar-refractivity contribution < 1.29 is 9.32 Å². The van der Waals surface area contributed by atoms with Gasteiger partial charge in [0.2, 0.25) is 5.91 Å². The molecule has 0 aliphatic carbocycles. The van der Waals surface area contributed by atoms with Crippen molar-refractivity contribution in [3.8, 4) is 11.1 Å². The molecule has 1 fully saturated rings. The van der Waals surface area contributed by atoms with Crippen molar-refractivity contribution in [1.29, 1.82) is 0 Å². The van der Waals surface area contributed by atoms with Crippen LogP contribution in [-0.2, 0) is 4.79 Å². The lowest BCUT2D eigenvalue weighted by atomic mass is 10.0. The number of hydrogen-bond acceptors (Lipinski definition) is 4. The number of H-pyrrole nitrogens is 1. The first-order valence-corrected chi connectivity index (χ1v) is 8.08. The van der Waals surface area contributed by atoms with Gasteiger partial charge in [-0.2, -0.15) is 0 Å². The fourth-order valence-electron chi connectivity index (χ4n) is 3.41. The van der Waals surface area contributed by atoms with Gasteiger partial charge in [0.15, 0.2) is 0 Å². The summed E-state index contributed by atoms with van der Waals surface area (Å²) in [5, 5.41) is 5.19. The minimum absolute atomic E-state index is 0.146. The summed E-state index contributed by atoms with van der Waals surface area (Å²) >= 11 is 0. The third kappa shape index (κ3) is 2.26. The molecule has 1 amide bonds. The zero-order valence-corrected chi connectivity index (χ0v) is 14.1. The van der Waals surface area contributed by atoms with E-state index in [1.54, 1.807) is 4.90 Å². The smallest absolute Gasteiger partial charge is 0.241 e. The molecule has 0 bridgehead atoms. The number of fused-ring (bicyclic) bond motifs is 1. The zero-order valence-electron chi connectivity index (χ0n) is 14.1. The van der Waals surface area contributed by atoms with Crippen LogP contribution in [0.3, 0.4) is 0 Å². The number of amides is 1. The standard InChI is InChI=1S/C18H20N4O2/c1-11-18(12(2)24-20-11)13-8-15-14(4-5-19-15)16(9-13)22-7-6-21(3)17(23)10-22/h4-5,8-9,19H,6-7,10H2,1-3H3. The molecule has 1 saturated heterocycles. The third-order valence-electron chi connectivity index (χ3n) is 4.77. The average Bonchev–Trinajstić information content (AvgIpc) is 3.15. The molecular weight excluding hydrogens is 304 g/mol. The number of aromatic amines is 1. The van der Waals surface area contributed by atoms with Crippen LogP contribution >= 0.6 is 0 Å². The van der Waals surface area contributed by atoms with Crippen molar-refractivity contribution in [2.75, 3.05) is 31.6 Å². The summed E-state index contributed by atoms with van der Waals surface area (Å²) in [5.74, 6) is 0.950. The van der Waals surface area contributed by atoms with E-state index >= 15 is 0 Å². The molecule has 0 spiro atoms. The van der Waals surface area contributed by atoms with E-state index in [0.717, 1.165) is 52.3 Å². The van der Waals surface area contributed by atoms with Crippen molar-refractivity contribution in [1.82, 2.24) is 15.0 Å². The third-order valence-corrected chi connectivity index (χ3v) is 4.77. The molecule has 124 valence electrons. The number of carbonyl (C=O) groups is 1. The van der Waals surface area contributed by atoms with Crippen molar-refractivity contribution in [2.24, 2.45) is 0 Å². The molecule has 6 heteroatoms. The van der Waals surface area contributed by atoms with Gasteiger partial charge in [-0.3, -0.25) is 4.79 Å². The van der Waals surface area contributed by atoms with E-state index in [0.29, 0.717) is 6.54 Å². The zero-order chi connectivity index (χ0) is 16.8. The van der Waals surface area contributed by atoms with Crippen LogP contribution in [0.2, 0.25) is 0 Å². The summed E-state index contributed by atoms with van der Waals surface area (Å²) in [4.78, 5) is 19.3. The van der Waals surface area contributed by atoms with Crippen molar-refractivity contribution in [3.05, 3.63) is 35.9 Å². The van der Waals surface area contributed by atoms with E-state index in [-0.39, 0.29) is 5.91 Å². The lowest BCUT2D eigenvalue weighted by Crippen LogP contribution is -2.48. The molecule has 0 saturated carbocycles. The van der Waals surface area contributed by atoms with E-state index in [1.165, 1.54) is 0 Å². The van der Waals surface area contributed by atoms with Crippen LogP contribution in [-0.4, -0.2) is 47.6 Å². The Balaban J connectivity index is 1.86. The normalized spacial score (nSPS) is 15.5. The molecule has 1 N–H and O–H groups in total. The number of hydrogen-bond donors (Lipinski definition) is 1. The van der Waals surface area contributed by atoms with Crippen LogP contribution in [0, 0.1) is 13.8 Å². The number of aryl methyl sites for hydroxylation is 2. The Hall–Kier alpha value is -2.76. The highest BCUT2D eigenvalue weighted by Gasteiger charge is 2.24. The largest absolute Gasteiger partial charge is 0.361 e. The van der Waals surface area contributed by atoms with Gasteiger partial charge in [0.1, 0.15) is 5.76 Å². The van der Waals surface area contributed by atoms with Gasteiger partial charge < -0.3 is 19.3 Å². The topological polar surface area (TPSA) is 65.4 Å². The first kappa shape index (κ1) is 14.8. The molecule has 0 atom stereocenters. The fraction of sp³-hybridized carbons (Fsp3) is 0.333. The van der Waals surface area contributed by atoms with Gasteiger partial charge in [-0.1, -0.05) is 5.16 Å². The van der Waals surface area contributed by atoms with Crippen LogP contribution in [0.4, 0.5) is 5.69 Å². The number of carbonyl (C=O) groups excluding carboxylic acids is 1. The van der Waals surface area contributed by atoms with E-state index in [2.05, 4.69) is 33.2 Å². The minimum atomic E-state index is 0.146. The molecule has 4 rings (SSSR count). The Bertz CT molecular complexity index is 905. The highest BCUT2D eigenvalue weighted by molar-refractivity contribution is 5.98. The Kier molecular flexibility index (Phi) is 3.33. The first-order valence-electron chi connectivity index (χ1n) is 8.08. The predicted octanol–water partition coefficient (Wildman–Crippen LogP) is 2.72. The second-order valence-corrected chi connectivity index (χ2v) is 6.37. The van der Waals surface area contributed by atoms with Crippen LogP contribution in [0.1, 0.15) is 11.5 Å². The summed E-state index contributed by atoms with van der Waals surface area (Å²) in [5.41, 5.74) is 5.08. The van der Waals surface area contributed by atoms with Crippen LogP contribution < -0.4 is 4.90 Å². The number of piperazine rings is 1. The molecule has 0 unspecified atom stereocenters. The van der Waals surface area contributed by atoms with Crippen LogP contribution in [0.25, 0.3) is 22.0 Å². The number of benzene rings is 1. The molecule has 1 aromatic carbocycles. The number of aromatic nitrogens is 2. The number of likely N-dealkylation sites (N-methyl/N-ethyl adjacent to an activating group) is 1. The van der Waals surface area contributed by atoms with Crippen molar-refractivity contribution >= 4 is 22.5 Å². The van der Waals surface area contributed by atoms with Gasteiger partial charge >= 0.3 is 0 Å². The molecular formula is C18H20N4O2. The van der Waals surface area contributed by atoms with Gasteiger partial charge in [-0.05, 0) is 37.6 Å². The first-order chi connectivity index (χ1) is 11.5. The number of nitrogens with zero attached hydrogens (tertiary/aromatic N) is 3. The molecule has 3 aromatic rings. The summed E-state index contributed by atoms with van der Waals surface area (Å²) in [6, 6.07) is 6.31. The highest BCUT2D eigenvalue weighted by atomic mass is 16.5. The van der Waals surface area contributed by atoms with E-state index in [4.69, 9.17) is 4.52 Å². The Morgan fingerprint density at radius 2 is 2.08 bits per heavy atom. The lowest BCUT2D eigenvalue weighted by molar-refractivity contribution is -0.129. The average molecular weight is 324 g/mol. The maximum absolute atomic E-state index is 12.1. The van der Waals surface area contributed by atoms with Gasteiger partial charge in [0, 0.05) is 48.5 Å². The second kappa shape index (κ2) is 5.40. The van der Waals surface area contributed by atoms with Crippen LogP contribution in [0.15, 0.2) is 28.9 Å². The molecule has 6 nitrogen and oxygen atoms in total. The van der Waals surface area contributed by atoms with Crippen LogP contribution in [0.5, 0.6) is 0 Å². The van der Waals surface area contributed by atoms with E-state index in [9.17, 15) is 4.79 Å². The Morgan fingerprint density at radius 1 is 1.25 bits per heavy atom. The molecule has 1 aliphatic heterocycles. The Labute approximate surface area is 140 Å². The fourth-order valence-corrected chi connectivity index (χ4v) is 3.41. The van der Waals surface area contributed by atoms with Gasteiger partial charge in [-0.15, -0.1) is 0 Å². The quantitative estimate of drug-likeness (QED) is 0.787. The summed E-state index contributed by atoms with van der Waals surface area (Å²) in [6.07, 6.45) is 1.93. The Morgan fingerprint density at radius 3 is 2.79 bits per heavy atom. The van der Waals surface area contributed by atoms with Crippen molar-refractivity contribution in [3.63, 3.8) is 0 Å². The second-order valence-electron chi connectivity index (χ2n) is 6.37. The molecule has 3 heterocycles. The van der Waals surface area contributed by atoms with Gasteiger partial charge in [0.25, 0.3) is 0 Å². The van der Waals surface area contributed by atoms with E-state index < -0.39 is 0 Å².